The lowest BCUT2D eigenvalue weighted by Gasteiger charge is -2.35. The first-order valence-corrected chi connectivity index (χ1v) is 7.24. The SMILES string of the molecule is C=C1C(=O)[C@H](C[C@@H](O)CC)C(C)C(=O)[C@@H]1CC(C)C. The van der Waals surface area contributed by atoms with E-state index in [1.165, 1.54) is 0 Å². The second-order valence-corrected chi connectivity index (χ2v) is 6.17. The van der Waals surface area contributed by atoms with Gasteiger partial charge in [-0.15, -0.1) is 0 Å². The van der Waals surface area contributed by atoms with Crippen LogP contribution in [0, 0.1) is 23.7 Å². The number of carbonyl (C=O) groups is 2. The van der Waals surface area contributed by atoms with E-state index in [4.69, 9.17) is 0 Å². The Morgan fingerprint density at radius 3 is 2.32 bits per heavy atom. The third-order valence-electron chi connectivity index (χ3n) is 4.17. The number of ketones is 2. The number of aliphatic hydroxyl groups is 1. The van der Waals surface area contributed by atoms with E-state index in [1.807, 2.05) is 27.7 Å². The third kappa shape index (κ3) is 3.53. The Morgan fingerprint density at radius 1 is 1.26 bits per heavy atom. The summed E-state index contributed by atoms with van der Waals surface area (Å²) < 4.78 is 0. The van der Waals surface area contributed by atoms with Gasteiger partial charge in [0.1, 0.15) is 5.78 Å². The van der Waals surface area contributed by atoms with E-state index in [2.05, 4.69) is 6.58 Å². The summed E-state index contributed by atoms with van der Waals surface area (Å²) in [6.07, 6.45) is 1.15. The molecule has 1 aliphatic carbocycles. The highest BCUT2D eigenvalue weighted by Crippen LogP contribution is 2.37. The maximum atomic E-state index is 12.4. The number of hydrogen-bond acceptors (Lipinski definition) is 3. The molecule has 108 valence electrons. The van der Waals surface area contributed by atoms with Crippen molar-refractivity contribution in [3.63, 3.8) is 0 Å². The molecule has 1 unspecified atom stereocenters. The quantitative estimate of drug-likeness (QED) is 0.778. The van der Waals surface area contributed by atoms with Gasteiger partial charge in [-0.1, -0.05) is 34.3 Å². The molecule has 3 heteroatoms. The molecule has 0 heterocycles. The summed E-state index contributed by atoms with van der Waals surface area (Å²) in [5, 5.41) is 9.74. The molecule has 1 rings (SSSR count). The second-order valence-electron chi connectivity index (χ2n) is 6.17. The van der Waals surface area contributed by atoms with Crippen LogP contribution in [-0.4, -0.2) is 22.8 Å². The molecule has 0 aliphatic heterocycles. The normalized spacial score (nSPS) is 30.0. The van der Waals surface area contributed by atoms with Crippen molar-refractivity contribution in [3.8, 4) is 0 Å². The monoisotopic (exact) mass is 266 g/mol. The third-order valence-corrected chi connectivity index (χ3v) is 4.17. The largest absolute Gasteiger partial charge is 0.393 e. The van der Waals surface area contributed by atoms with Crippen LogP contribution in [0.15, 0.2) is 12.2 Å². The molecule has 3 nitrogen and oxygen atoms in total. The number of rotatable bonds is 5. The fourth-order valence-electron chi connectivity index (χ4n) is 2.83. The minimum atomic E-state index is -0.515. The van der Waals surface area contributed by atoms with E-state index in [1.54, 1.807) is 0 Å². The molecule has 0 aromatic rings. The smallest absolute Gasteiger partial charge is 0.162 e. The maximum absolute atomic E-state index is 12.4. The minimum Gasteiger partial charge on any atom is -0.393 e. The van der Waals surface area contributed by atoms with Gasteiger partial charge in [-0.2, -0.15) is 0 Å². The molecule has 0 spiro atoms. The first-order chi connectivity index (χ1) is 8.79. The van der Waals surface area contributed by atoms with E-state index in [9.17, 15) is 14.7 Å². The van der Waals surface area contributed by atoms with E-state index in [0.717, 1.165) is 0 Å². The topological polar surface area (TPSA) is 54.4 Å². The zero-order chi connectivity index (χ0) is 14.7. The Morgan fingerprint density at radius 2 is 1.84 bits per heavy atom. The van der Waals surface area contributed by atoms with E-state index < -0.39 is 12.0 Å². The van der Waals surface area contributed by atoms with E-state index in [-0.39, 0.29) is 23.4 Å². The minimum absolute atomic E-state index is 0.0229. The molecule has 1 saturated carbocycles. The van der Waals surface area contributed by atoms with Gasteiger partial charge in [-0.3, -0.25) is 9.59 Å². The fourth-order valence-corrected chi connectivity index (χ4v) is 2.83. The van der Waals surface area contributed by atoms with Crippen molar-refractivity contribution in [3.05, 3.63) is 12.2 Å². The van der Waals surface area contributed by atoms with Crippen LogP contribution in [0.1, 0.15) is 47.0 Å². The van der Waals surface area contributed by atoms with Gasteiger partial charge in [0, 0.05) is 17.8 Å². The lowest BCUT2D eigenvalue weighted by Crippen LogP contribution is -2.43. The first kappa shape index (κ1) is 16.1. The summed E-state index contributed by atoms with van der Waals surface area (Å²) >= 11 is 0. The predicted molar refractivity (Wildman–Crippen MR) is 75.7 cm³/mol. The standard InChI is InChI=1S/C16H26O3/c1-6-12(17)8-14-11(5)15(18)13(7-9(2)3)10(4)16(14)19/h9,11-14,17H,4,6-8H2,1-3,5H3/t11?,12-,13+,14+/m0/s1. The van der Waals surface area contributed by atoms with Crippen LogP contribution >= 0.6 is 0 Å². The second kappa shape index (κ2) is 6.47. The number of aliphatic hydroxyl groups excluding tert-OH is 1. The van der Waals surface area contributed by atoms with Crippen molar-refractivity contribution in [1.82, 2.24) is 0 Å². The Bertz CT molecular complexity index is 370. The highest BCUT2D eigenvalue weighted by molar-refractivity contribution is 6.09. The summed E-state index contributed by atoms with van der Waals surface area (Å²) in [5.74, 6) is -0.556. The summed E-state index contributed by atoms with van der Waals surface area (Å²) in [5.41, 5.74) is 0.449. The van der Waals surface area contributed by atoms with Crippen LogP contribution in [0.5, 0.6) is 0 Å². The fraction of sp³-hybridized carbons (Fsp3) is 0.750. The number of carbonyl (C=O) groups excluding carboxylic acids is 2. The average molecular weight is 266 g/mol. The molecule has 0 saturated heterocycles. The predicted octanol–water partition coefficient (Wildman–Crippen LogP) is 2.77. The van der Waals surface area contributed by atoms with E-state index >= 15 is 0 Å². The zero-order valence-corrected chi connectivity index (χ0v) is 12.5. The molecular weight excluding hydrogens is 240 g/mol. The molecule has 0 amide bonds. The van der Waals surface area contributed by atoms with Crippen molar-refractivity contribution < 1.29 is 14.7 Å². The summed E-state index contributed by atoms with van der Waals surface area (Å²) in [6, 6.07) is 0. The molecule has 1 aliphatic rings. The molecular formula is C16H26O3. The van der Waals surface area contributed by atoms with Gasteiger partial charge in [0.25, 0.3) is 0 Å². The van der Waals surface area contributed by atoms with Crippen molar-refractivity contribution in [2.24, 2.45) is 23.7 Å². The van der Waals surface area contributed by atoms with Gasteiger partial charge >= 0.3 is 0 Å². The van der Waals surface area contributed by atoms with E-state index in [0.29, 0.717) is 30.8 Å². The molecule has 19 heavy (non-hydrogen) atoms. The Hall–Kier alpha value is -0.960. The van der Waals surface area contributed by atoms with Crippen molar-refractivity contribution in [2.75, 3.05) is 0 Å². The lowest BCUT2D eigenvalue weighted by atomic mass is 9.67. The van der Waals surface area contributed by atoms with Crippen LogP contribution < -0.4 is 0 Å². The molecule has 0 radical (unpaired) electrons. The van der Waals surface area contributed by atoms with Crippen LogP contribution in [0.2, 0.25) is 0 Å². The van der Waals surface area contributed by atoms with Gasteiger partial charge < -0.3 is 5.11 Å². The van der Waals surface area contributed by atoms with Crippen molar-refractivity contribution >= 4 is 11.6 Å². The average Bonchev–Trinajstić information content (AvgIpc) is 2.36. The van der Waals surface area contributed by atoms with Crippen LogP contribution in [0.3, 0.4) is 0 Å². The molecule has 0 aromatic carbocycles. The summed E-state index contributed by atoms with van der Waals surface area (Å²) in [7, 11) is 0. The summed E-state index contributed by atoms with van der Waals surface area (Å²) in [6.45, 7) is 11.6. The number of Topliss-reactive ketones (excluding diaryl/α,β-unsaturated/α-hetero) is 2. The van der Waals surface area contributed by atoms with Crippen molar-refractivity contribution in [2.45, 2.75) is 53.1 Å². The Labute approximate surface area is 116 Å². The zero-order valence-electron chi connectivity index (χ0n) is 12.5. The van der Waals surface area contributed by atoms with Crippen LogP contribution in [0.4, 0.5) is 0 Å². The van der Waals surface area contributed by atoms with Crippen molar-refractivity contribution in [1.29, 1.82) is 0 Å². The van der Waals surface area contributed by atoms with Gasteiger partial charge in [-0.25, -0.2) is 0 Å². The number of hydrogen-bond donors (Lipinski definition) is 1. The molecule has 1 fully saturated rings. The van der Waals surface area contributed by atoms with Gasteiger partial charge in [0.05, 0.1) is 6.10 Å². The van der Waals surface area contributed by atoms with Crippen LogP contribution in [-0.2, 0) is 9.59 Å². The molecule has 4 atom stereocenters. The van der Waals surface area contributed by atoms with Gasteiger partial charge in [-0.05, 0) is 30.8 Å². The lowest BCUT2D eigenvalue weighted by molar-refractivity contribution is -0.138. The van der Waals surface area contributed by atoms with Gasteiger partial charge in [0.15, 0.2) is 5.78 Å². The highest BCUT2D eigenvalue weighted by Gasteiger charge is 2.43. The number of allylic oxidation sites excluding steroid dienone is 1. The maximum Gasteiger partial charge on any atom is 0.162 e. The Kier molecular flexibility index (Phi) is 5.48. The first-order valence-electron chi connectivity index (χ1n) is 7.24. The molecule has 1 N–H and O–H groups in total. The van der Waals surface area contributed by atoms with Crippen LogP contribution in [0.25, 0.3) is 0 Å². The highest BCUT2D eigenvalue weighted by atomic mass is 16.3. The van der Waals surface area contributed by atoms with Gasteiger partial charge in [0.2, 0.25) is 0 Å². The molecule has 0 bridgehead atoms. The molecule has 0 aromatic heterocycles. The summed E-state index contributed by atoms with van der Waals surface area (Å²) in [4.78, 5) is 24.8. The Balaban J connectivity index is 2.90.